The fraction of sp³-hybridized carbons (Fsp3) is 0.200. The van der Waals surface area contributed by atoms with E-state index >= 15 is 0 Å². The first-order valence-corrected chi connectivity index (χ1v) is 6.93. The van der Waals surface area contributed by atoms with Gasteiger partial charge >= 0.3 is 0 Å². The van der Waals surface area contributed by atoms with Crippen molar-refractivity contribution in [2.24, 2.45) is 0 Å². The fourth-order valence-corrected chi connectivity index (χ4v) is 2.16. The summed E-state index contributed by atoms with van der Waals surface area (Å²) in [5, 5.41) is 3.50. The van der Waals surface area contributed by atoms with E-state index in [4.69, 9.17) is 0 Å². The minimum Gasteiger partial charge on any atom is -0.381 e. The van der Waals surface area contributed by atoms with Gasteiger partial charge in [-0.1, -0.05) is 37.3 Å². The first kappa shape index (κ1) is 12.4. The van der Waals surface area contributed by atoms with Crippen LogP contribution in [0.2, 0.25) is 0 Å². The second-order valence-corrected chi connectivity index (χ2v) is 5.24. The lowest BCUT2D eigenvalue weighted by molar-refractivity contribution is 1.09. The molecule has 0 atom stereocenters. The highest BCUT2D eigenvalue weighted by atomic mass is 127. The molecule has 0 bridgehead atoms. The molecule has 0 radical (unpaired) electrons. The van der Waals surface area contributed by atoms with E-state index in [0.717, 1.165) is 13.0 Å². The van der Waals surface area contributed by atoms with Crippen LogP contribution < -0.4 is 5.32 Å². The standard InChI is InChI=1S/C15H16IN/c1-2-13-5-3-4-6-15(13)17-11-12-7-9-14(16)10-8-12/h3-10,17H,2,11H2,1H3. The van der Waals surface area contributed by atoms with Gasteiger partial charge in [-0.15, -0.1) is 0 Å². The number of hydrogen-bond donors (Lipinski definition) is 1. The van der Waals surface area contributed by atoms with Crippen molar-refractivity contribution in [2.45, 2.75) is 19.9 Å². The molecule has 2 aromatic rings. The van der Waals surface area contributed by atoms with E-state index in [1.54, 1.807) is 0 Å². The molecule has 0 aliphatic heterocycles. The molecule has 88 valence electrons. The van der Waals surface area contributed by atoms with Gasteiger partial charge in [-0.2, -0.15) is 0 Å². The first-order chi connectivity index (χ1) is 8.29. The molecule has 1 N–H and O–H groups in total. The lowest BCUT2D eigenvalue weighted by atomic mass is 10.1. The summed E-state index contributed by atoms with van der Waals surface area (Å²) in [6.45, 7) is 3.07. The van der Waals surface area contributed by atoms with Crippen molar-refractivity contribution in [3.05, 3.63) is 63.2 Å². The van der Waals surface area contributed by atoms with Gasteiger partial charge in [-0.25, -0.2) is 0 Å². The third-order valence-electron chi connectivity index (χ3n) is 2.79. The van der Waals surface area contributed by atoms with Crippen LogP contribution in [0.5, 0.6) is 0 Å². The molecular formula is C15H16IN. The first-order valence-electron chi connectivity index (χ1n) is 5.86. The van der Waals surface area contributed by atoms with Gasteiger partial charge in [0.05, 0.1) is 0 Å². The van der Waals surface area contributed by atoms with Crippen LogP contribution in [0.3, 0.4) is 0 Å². The summed E-state index contributed by atoms with van der Waals surface area (Å²) in [6, 6.07) is 17.1. The van der Waals surface area contributed by atoms with Gasteiger partial charge in [-0.3, -0.25) is 0 Å². The molecule has 0 amide bonds. The minimum absolute atomic E-state index is 0.883. The Bertz CT molecular complexity index is 477. The molecule has 1 nitrogen and oxygen atoms in total. The van der Waals surface area contributed by atoms with Gasteiger partial charge < -0.3 is 5.32 Å². The van der Waals surface area contributed by atoms with E-state index in [9.17, 15) is 0 Å². The number of aryl methyl sites for hydroxylation is 1. The molecule has 0 fully saturated rings. The minimum atomic E-state index is 0.883. The zero-order valence-corrected chi connectivity index (χ0v) is 12.1. The second-order valence-electron chi connectivity index (χ2n) is 3.99. The van der Waals surface area contributed by atoms with E-state index in [1.165, 1.54) is 20.4 Å². The topological polar surface area (TPSA) is 12.0 Å². The van der Waals surface area contributed by atoms with Crippen LogP contribution in [0.4, 0.5) is 5.69 Å². The van der Waals surface area contributed by atoms with Gasteiger partial charge in [-0.05, 0) is 58.3 Å². The molecule has 2 rings (SSSR count). The SMILES string of the molecule is CCc1ccccc1NCc1ccc(I)cc1. The summed E-state index contributed by atoms with van der Waals surface area (Å²) in [7, 11) is 0. The van der Waals surface area contributed by atoms with Crippen LogP contribution in [0.15, 0.2) is 48.5 Å². The number of hydrogen-bond acceptors (Lipinski definition) is 1. The smallest absolute Gasteiger partial charge is 0.0400 e. The third kappa shape index (κ3) is 3.46. The van der Waals surface area contributed by atoms with E-state index in [2.05, 4.69) is 83.4 Å². The van der Waals surface area contributed by atoms with Gasteiger partial charge in [0.2, 0.25) is 0 Å². The molecular weight excluding hydrogens is 321 g/mol. The molecule has 17 heavy (non-hydrogen) atoms. The lowest BCUT2D eigenvalue weighted by Crippen LogP contribution is -2.01. The summed E-state index contributed by atoms with van der Waals surface area (Å²) in [6.07, 6.45) is 1.07. The number of nitrogens with one attached hydrogen (secondary N) is 1. The monoisotopic (exact) mass is 337 g/mol. The largest absolute Gasteiger partial charge is 0.381 e. The molecule has 0 aliphatic carbocycles. The van der Waals surface area contributed by atoms with Crippen LogP contribution in [0.25, 0.3) is 0 Å². The predicted octanol–water partition coefficient (Wildman–Crippen LogP) is 4.47. The van der Waals surface area contributed by atoms with Crippen molar-refractivity contribution >= 4 is 28.3 Å². The normalized spacial score (nSPS) is 10.2. The Morgan fingerprint density at radius 1 is 1.00 bits per heavy atom. The van der Waals surface area contributed by atoms with Gasteiger partial charge in [0.15, 0.2) is 0 Å². The maximum Gasteiger partial charge on any atom is 0.0400 e. The summed E-state index contributed by atoms with van der Waals surface area (Å²) < 4.78 is 1.28. The molecule has 0 unspecified atom stereocenters. The van der Waals surface area contributed by atoms with Crippen molar-refractivity contribution in [3.8, 4) is 0 Å². The molecule has 0 heterocycles. The van der Waals surface area contributed by atoms with Gasteiger partial charge in [0, 0.05) is 15.8 Å². The van der Waals surface area contributed by atoms with Crippen LogP contribution in [0.1, 0.15) is 18.1 Å². The molecule has 0 spiro atoms. The van der Waals surface area contributed by atoms with Crippen molar-refractivity contribution in [1.82, 2.24) is 0 Å². The summed E-state index contributed by atoms with van der Waals surface area (Å²) in [5.41, 5.74) is 3.93. The van der Waals surface area contributed by atoms with Crippen molar-refractivity contribution in [1.29, 1.82) is 0 Å². The Kier molecular flexibility index (Phi) is 4.42. The highest BCUT2D eigenvalue weighted by Gasteiger charge is 1.99. The highest BCUT2D eigenvalue weighted by molar-refractivity contribution is 14.1. The molecule has 2 aromatic carbocycles. The number of para-hydroxylation sites is 1. The van der Waals surface area contributed by atoms with Crippen LogP contribution >= 0.6 is 22.6 Å². The summed E-state index contributed by atoms with van der Waals surface area (Å²) in [4.78, 5) is 0. The highest BCUT2D eigenvalue weighted by Crippen LogP contribution is 2.16. The van der Waals surface area contributed by atoms with E-state index in [0.29, 0.717) is 0 Å². The molecule has 0 saturated carbocycles. The number of rotatable bonds is 4. The molecule has 0 aromatic heterocycles. The molecule has 2 heteroatoms. The predicted molar refractivity (Wildman–Crippen MR) is 82.3 cm³/mol. The van der Waals surface area contributed by atoms with Gasteiger partial charge in [0.25, 0.3) is 0 Å². The van der Waals surface area contributed by atoms with E-state index in [-0.39, 0.29) is 0 Å². The number of halogens is 1. The Labute approximate surface area is 116 Å². The quantitative estimate of drug-likeness (QED) is 0.812. The lowest BCUT2D eigenvalue weighted by Gasteiger charge is -2.10. The van der Waals surface area contributed by atoms with Crippen LogP contribution in [-0.4, -0.2) is 0 Å². The summed E-state index contributed by atoms with van der Waals surface area (Å²) >= 11 is 2.33. The number of anilines is 1. The third-order valence-corrected chi connectivity index (χ3v) is 3.51. The fourth-order valence-electron chi connectivity index (χ4n) is 1.80. The van der Waals surface area contributed by atoms with Gasteiger partial charge in [0.1, 0.15) is 0 Å². The average molecular weight is 337 g/mol. The Morgan fingerprint density at radius 2 is 1.71 bits per heavy atom. The Morgan fingerprint density at radius 3 is 2.41 bits per heavy atom. The van der Waals surface area contributed by atoms with E-state index < -0.39 is 0 Å². The zero-order valence-electron chi connectivity index (χ0n) is 9.91. The second kappa shape index (κ2) is 6.05. The maximum atomic E-state index is 3.50. The van der Waals surface area contributed by atoms with Crippen molar-refractivity contribution < 1.29 is 0 Å². The van der Waals surface area contributed by atoms with E-state index in [1.807, 2.05) is 0 Å². The van der Waals surface area contributed by atoms with Crippen molar-refractivity contribution in [3.63, 3.8) is 0 Å². The van der Waals surface area contributed by atoms with Crippen LogP contribution in [-0.2, 0) is 13.0 Å². The summed E-state index contributed by atoms with van der Waals surface area (Å²) in [5.74, 6) is 0. The molecule has 0 saturated heterocycles. The Hall–Kier alpha value is -1.03. The van der Waals surface area contributed by atoms with Crippen LogP contribution in [0, 0.1) is 3.57 Å². The number of benzene rings is 2. The zero-order chi connectivity index (χ0) is 12.1. The van der Waals surface area contributed by atoms with Crippen molar-refractivity contribution in [2.75, 3.05) is 5.32 Å². The Balaban J connectivity index is 2.04. The average Bonchev–Trinajstić information content (AvgIpc) is 2.38. The maximum absolute atomic E-state index is 3.50. The molecule has 0 aliphatic rings.